The molecule has 2 N–H and O–H groups in total. The summed E-state index contributed by atoms with van der Waals surface area (Å²) in [7, 11) is 0. The van der Waals surface area contributed by atoms with Crippen molar-refractivity contribution in [3.05, 3.63) is 58.6 Å². The molecule has 122 valence electrons. The van der Waals surface area contributed by atoms with Gasteiger partial charge in [0.25, 0.3) is 0 Å². The van der Waals surface area contributed by atoms with Gasteiger partial charge in [-0.1, -0.05) is 36.7 Å². The van der Waals surface area contributed by atoms with Crippen molar-refractivity contribution in [1.82, 2.24) is 5.32 Å². The molecule has 0 atom stereocenters. The fourth-order valence-electron chi connectivity index (χ4n) is 2.03. The first-order valence-corrected chi connectivity index (χ1v) is 7.99. The molecule has 0 aliphatic rings. The highest BCUT2D eigenvalue weighted by molar-refractivity contribution is 6.31. The van der Waals surface area contributed by atoms with Crippen LogP contribution < -0.4 is 15.4 Å². The van der Waals surface area contributed by atoms with Crippen LogP contribution in [0.2, 0.25) is 5.02 Å². The number of hydrogen-bond acceptors (Lipinski definition) is 2. The zero-order chi connectivity index (χ0) is 16.7. The van der Waals surface area contributed by atoms with Crippen LogP contribution in [0.3, 0.4) is 0 Å². The van der Waals surface area contributed by atoms with E-state index in [0.717, 1.165) is 17.7 Å². The number of urea groups is 1. The minimum atomic E-state index is -0.282. The SMILES string of the molecule is CCc1cccc(OCCNC(=O)Nc2ccc(C)c(Cl)c2)c1. The summed E-state index contributed by atoms with van der Waals surface area (Å²) in [5.74, 6) is 0.817. The Hall–Kier alpha value is -2.20. The first kappa shape index (κ1) is 17.2. The molecule has 5 heteroatoms. The number of benzene rings is 2. The number of rotatable bonds is 6. The Bertz CT molecular complexity index is 674. The number of anilines is 1. The lowest BCUT2D eigenvalue weighted by Gasteiger charge is -2.10. The van der Waals surface area contributed by atoms with Gasteiger partial charge >= 0.3 is 6.03 Å². The maximum absolute atomic E-state index is 11.8. The van der Waals surface area contributed by atoms with E-state index in [2.05, 4.69) is 23.6 Å². The van der Waals surface area contributed by atoms with E-state index in [4.69, 9.17) is 16.3 Å². The summed E-state index contributed by atoms with van der Waals surface area (Å²) in [6, 6.07) is 13.1. The Kier molecular flexibility index (Phi) is 6.29. The van der Waals surface area contributed by atoms with Crippen molar-refractivity contribution < 1.29 is 9.53 Å². The summed E-state index contributed by atoms with van der Waals surface area (Å²) in [5, 5.41) is 6.11. The van der Waals surface area contributed by atoms with Crippen molar-refractivity contribution in [2.24, 2.45) is 0 Å². The Labute approximate surface area is 141 Å². The number of carbonyl (C=O) groups is 1. The molecule has 0 saturated heterocycles. The fraction of sp³-hybridized carbons (Fsp3) is 0.278. The third kappa shape index (κ3) is 5.49. The largest absolute Gasteiger partial charge is 0.492 e. The van der Waals surface area contributed by atoms with E-state index in [1.165, 1.54) is 5.56 Å². The standard InChI is InChI=1S/C18H21ClN2O2/c1-3-14-5-4-6-16(11-14)23-10-9-20-18(22)21-15-8-7-13(2)17(19)12-15/h4-8,11-12H,3,9-10H2,1-2H3,(H2,20,21,22). The van der Waals surface area contributed by atoms with Crippen LogP contribution in [-0.4, -0.2) is 19.2 Å². The summed E-state index contributed by atoms with van der Waals surface area (Å²) in [4.78, 5) is 11.8. The number of hydrogen-bond donors (Lipinski definition) is 2. The minimum absolute atomic E-state index is 0.282. The fourth-order valence-corrected chi connectivity index (χ4v) is 2.22. The number of halogens is 1. The zero-order valence-electron chi connectivity index (χ0n) is 13.4. The maximum atomic E-state index is 11.8. The van der Waals surface area contributed by atoms with Gasteiger partial charge in [-0.15, -0.1) is 0 Å². The normalized spacial score (nSPS) is 10.2. The summed E-state index contributed by atoms with van der Waals surface area (Å²) < 4.78 is 5.62. The lowest BCUT2D eigenvalue weighted by atomic mass is 10.2. The molecule has 0 aliphatic heterocycles. The Morgan fingerprint density at radius 1 is 1.22 bits per heavy atom. The first-order chi connectivity index (χ1) is 11.1. The molecule has 2 aromatic carbocycles. The third-order valence-electron chi connectivity index (χ3n) is 3.39. The van der Waals surface area contributed by atoms with E-state index in [1.807, 2.05) is 37.3 Å². The minimum Gasteiger partial charge on any atom is -0.492 e. The molecule has 0 bridgehead atoms. The van der Waals surface area contributed by atoms with Gasteiger partial charge in [0, 0.05) is 10.7 Å². The number of aryl methyl sites for hydroxylation is 2. The molecule has 0 fully saturated rings. The molecule has 2 amide bonds. The molecule has 4 nitrogen and oxygen atoms in total. The molecule has 2 aromatic rings. The number of nitrogens with one attached hydrogen (secondary N) is 2. The number of carbonyl (C=O) groups excluding carboxylic acids is 1. The Morgan fingerprint density at radius 3 is 2.78 bits per heavy atom. The second-order valence-electron chi connectivity index (χ2n) is 5.19. The van der Waals surface area contributed by atoms with Gasteiger partial charge in [-0.3, -0.25) is 0 Å². The van der Waals surface area contributed by atoms with Gasteiger partial charge in [0.15, 0.2) is 0 Å². The highest BCUT2D eigenvalue weighted by Crippen LogP contribution is 2.19. The molecule has 2 rings (SSSR count). The van der Waals surface area contributed by atoms with Gasteiger partial charge in [0.05, 0.1) is 6.54 Å². The maximum Gasteiger partial charge on any atom is 0.319 e. The predicted octanol–water partition coefficient (Wildman–Crippen LogP) is 4.41. The highest BCUT2D eigenvalue weighted by Gasteiger charge is 2.03. The van der Waals surface area contributed by atoms with Crippen LogP contribution in [0.4, 0.5) is 10.5 Å². The van der Waals surface area contributed by atoms with Crippen molar-refractivity contribution in [1.29, 1.82) is 0 Å². The summed E-state index contributed by atoms with van der Waals surface area (Å²) in [6.45, 7) is 4.84. The molecule has 0 unspecified atom stereocenters. The third-order valence-corrected chi connectivity index (χ3v) is 3.80. The lowest BCUT2D eigenvalue weighted by molar-refractivity contribution is 0.247. The van der Waals surface area contributed by atoms with E-state index in [1.54, 1.807) is 6.07 Å². The molecule has 0 spiro atoms. The average molecular weight is 333 g/mol. The molecule has 0 radical (unpaired) electrons. The van der Waals surface area contributed by atoms with E-state index < -0.39 is 0 Å². The smallest absolute Gasteiger partial charge is 0.319 e. The van der Waals surface area contributed by atoms with Crippen molar-refractivity contribution in [3.63, 3.8) is 0 Å². The lowest BCUT2D eigenvalue weighted by Crippen LogP contribution is -2.32. The van der Waals surface area contributed by atoms with Crippen LogP contribution in [-0.2, 0) is 6.42 Å². The van der Waals surface area contributed by atoms with Crippen LogP contribution in [0.25, 0.3) is 0 Å². The molecule has 0 heterocycles. The average Bonchev–Trinajstić information content (AvgIpc) is 2.55. The molecule has 0 aromatic heterocycles. The zero-order valence-corrected chi connectivity index (χ0v) is 14.1. The van der Waals surface area contributed by atoms with Crippen LogP contribution in [0.15, 0.2) is 42.5 Å². The van der Waals surface area contributed by atoms with Crippen molar-refractivity contribution in [2.45, 2.75) is 20.3 Å². The van der Waals surface area contributed by atoms with Crippen LogP contribution in [0.1, 0.15) is 18.1 Å². The van der Waals surface area contributed by atoms with E-state index in [0.29, 0.717) is 23.9 Å². The summed E-state index contributed by atoms with van der Waals surface area (Å²) in [5.41, 5.74) is 2.86. The van der Waals surface area contributed by atoms with Gasteiger partial charge in [-0.05, 0) is 48.7 Å². The highest BCUT2D eigenvalue weighted by atomic mass is 35.5. The van der Waals surface area contributed by atoms with Gasteiger partial charge in [0.1, 0.15) is 12.4 Å². The predicted molar refractivity (Wildman–Crippen MR) is 94.5 cm³/mol. The molecule has 0 saturated carbocycles. The summed E-state index contributed by atoms with van der Waals surface area (Å²) >= 11 is 6.02. The molecular weight excluding hydrogens is 312 g/mol. The van der Waals surface area contributed by atoms with E-state index in [-0.39, 0.29) is 6.03 Å². The van der Waals surface area contributed by atoms with Crippen molar-refractivity contribution in [2.75, 3.05) is 18.5 Å². The van der Waals surface area contributed by atoms with Gasteiger partial charge in [-0.2, -0.15) is 0 Å². The van der Waals surface area contributed by atoms with Crippen LogP contribution >= 0.6 is 11.6 Å². The van der Waals surface area contributed by atoms with Gasteiger partial charge < -0.3 is 15.4 Å². The Morgan fingerprint density at radius 2 is 2.04 bits per heavy atom. The molecular formula is C18H21ClN2O2. The van der Waals surface area contributed by atoms with E-state index >= 15 is 0 Å². The van der Waals surface area contributed by atoms with Crippen molar-refractivity contribution in [3.8, 4) is 5.75 Å². The Balaban J connectivity index is 1.73. The second kappa shape index (κ2) is 8.44. The van der Waals surface area contributed by atoms with Gasteiger partial charge in [0.2, 0.25) is 0 Å². The first-order valence-electron chi connectivity index (χ1n) is 7.61. The quantitative estimate of drug-likeness (QED) is 0.770. The topological polar surface area (TPSA) is 50.4 Å². The van der Waals surface area contributed by atoms with Gasteiger partial charge in [-0.25, -0.2) is 4.79 Å². The summed E-state index contributed by atoms with van der Waals surface area (Å²) in [6.07, 6.45) is 0.969. The molecule has 23 heavy (non-hydrogen) atoms. The second-order valence-corrected chi connectivity index (χ2v) is 5.60. The number of ether oxygens (including phenoxy) is 1. The van der Waals surface area contributed by atoms with Crippen LogP contribution in [0, 0.1) is 6.92 Å². The monoisotopic (exact) mass is 332 g/mol. The molecule has 0 aliphatic carbocycles. The van der Waals surface area contributed by atoms with Crippen molar-refractivity contribution >= 4 is 23.3 Å². The number of amides is 2. The van der Waals surface area contributed by atoms with E-state index in [9.17, 15) is 4.79 Å². The van der Waals surface area contributed by atoms with Crippen LogP contribution in [0.5, 0.6) is 5.75 Å².